The van der Waals surface area contributed by atoms with Gasteiger partial charge in [0.05, 0.1) is 5.52 Å². The molecule has 27 heavy (non-hydrogen) atoms. The molecule has 1 aromatic heterocycles. The van der Waals surface area contributed by atoms with Crippen LogP contribution in [0.4, 0.5) is 0 Å². The van der Waals surface area contributed by atoms with Gasteiger partial charge in [-0.15, -0.1) is 11.8 Å². The number of nitrogens with zero attached hydrogens (tertiary/aromatic N) is 1. The fourth-order valence-corrected chi connectivity index (χ4v) is 4.17. The Labute approximate surface area is 165 Å². The van der Waals surface area contributed by atoms with Gasteiger partial charge in [0.1, 0.15) is 0 Å². The highest BCUT2D eigenvalue weighted by Gasteiger charge is 2.10. The highest BCUT2D eigenvalue weighted by atomic mass is 32.2. The van der Waals surface area contributed by atoms with Gasteiger partial charge in [0.25, 0.3) is 0 Å². The number of hydrogen-bond donors (Lipinski definition) is 0. The lowest BCUT2D eigenvalue weighted by Gasteiger charge is -2.13. The molecule has 3 aromatic carbocycles. The van der Waals surface area contributed by atoms with Crippen LogP contribution in [-0.2, 0) is 5.75 Å². The van der Waals surface area contributed by atoms with Crippen molar-refractivity contribution >= 4 is 22.7 Å². The first-order chi connectivity index (χ1) is 13.2. The van der Waals surface area contributed by atoms with Crippen LogP contribution in [0, 0.1) is 0 Å². The number of thioether (sulfide) groups is 1. The van der Waals surface area contributed by atoms with Crippen LogP contribution in [0.25, 0.3) is 22.0 Å². The Kier molecular flexibility index (Phi) is 5.26. The molecule has 0 saturated heterocycles. The summed E-state index contributed by atoms with van der Waals surface area (Å²) in [4.78, 5) is 5.96. The van der Waals surface area contributed by atoms with Crippen LogP contribution < -0.4 is 0 Å². The second-order valence-electron chi connectivity index (χ2n) is 7.10. The molecule has 0 radical (unpaired) electrons. The summed E-state index contributed by atoms with van der Waals surface area (Å²) in [5, 5.41) is 1.21. The van der Waals surface area contributed by atoms with Crippen molar-refractivity contribution in [1.29, 1.82) is 0 Å². The van der Waals surface area contributed by atoms with Crippen LogP contribution >= 0.6 is 11.8 Å². The van der Waals surface area contributed by atoms with Gasteiger partial charge in [0.15, 0.2) is 0 Å². The summed E-state index contributed by atoms with van der Waals surface area (Å²) in [6.07, 6.45) is 1.88. The van der Waals surface area contributed by atoms with Crippen LogP contribution in [0.3, 0.4) is 0 Å². The van der Waals surface area contributed by atoms with Crippen LogP contribution in [0.15, 0.2) is 90.0 Å². The first-order valence-corrected chi connectivity index (χ1v) is 10.3. The van der Waals surface area contributed by atoms with Gasteiger partial charge in [-0.2, -0.15) is 0 Å². The Balaban J connectivity index is 1.71. The smallest absolute Gasteiger partial charge is 0.0780 e. The molecular weight excluding hydrogens is 346 g/mol. The van der Waals surface area contributed by atoms with Crippen LogP contribution in [0.5, 0.6) is 0 Å². The largest absolute Gasteiger partial charge is 0.256 e. The molecule has 0 spiro atoms. The van der Waals surface area contributed by atoms with E-state index in [-0.39, 0.29) is 0 Å². The van der Waals surface area contributed by atoms with Gasteiger partial charge in [0.2, 0.25) is 0 Å². The van der Waals surface area contributed by atoms with E-state index in [9.17, 15) is 0 Å². The highest BCUT2D eigenvalue weighted by molar-refractivity contribution is 7.98. The first kappa shape index (κ1) is 17.8. The zero-order valence-electron chi connectivity index (χ0n) is 15.7. The molecular formula is C25H23NS. The van der Waals surface area contributed by atoms with Crippen molar-refractivity contribution in [3.05, 3.63) is 96.2 Å². The Morgan fingerprint density at radius 2 is 1.70 bits per heavy atom. The van der Waals surface area contributed by atoms with Crippen LogP contribution in [0.1, 0.15) is 30.9 Å². The van der Waals surface area contributed by atoms with Crippen molar-refractivity contribution in [1.82, 2.24) is 4.98 Å². The number of aromatic nitrogens is 1. The van der Waals surface area contributed by atoms with E-state index in [1.807, 2.05) is 24.0 Å². The summed E-state index contributed by atoms with van der Waals surface area (Å²) in [5.74, 6) is 1.47. The molecule has 0 amide bonds. The third kappa shape index (κ3) is 4.06. The van der Waals surface area contributed by atoms with Gasteiger partial charge < -0.3 is 0 Å². The molecule has 134 valence electrons. The van der Waals surface area contributed by atoms with E-state index in [4.69, 9.17) is 0 Å². The molecule has 0 bridgehead atoms. The Hall–Kier alpha value is -2.58. The topological polar surface area (TPSA) is 12.9 Å². The molecule has 0 aliphatic heterocycles. The molecule has 4 aromatic rings. The lowest BCUT2D eigenvalue weighted by Crippen LogP contribution is -1.92. The zero-order valence-corrected chi connectivity index (χ0v) is 16.5. The van der Waals surface area contributed by atoms with Crippen molar-refractivity contribution in [2.45, 2.75) is 30.4 Å². The molecule has 1 heterocycles. The van der Waals surface area contributed by atoms with Crippen molar-refractivity contribution in [2.24, 2.45) is 0 Å². The van der Waals surface area contributed by atoms with Gasteiger partial charge in [-0.05, 0) is 52.9 Å². The molecule has 4 rings (SSSR count). The van der Waals surface area contributed by atoms with E-state index in [2.05, 4.69) is 91.6 Å². The minimum absolute atomic E-state index is 0.490. The van der Waals surface area contributed by atoms with Gasteiger partial charge in [-0.25, -0.2) is 0 Å². The maximum atomic E-state index is 4.67. The van der Waals surface area contributed by atoms with Crippen molar-refractivity contribution in [2.75, 3.05) is 0 Å². The molecule has 0 atom stereocenters. The summed E-state index contributed by atoms with van der Waals surface area (Å²) in [6, 6.07) is 28.2. The second-order valence-corrected chi connectivity index (χ2v) is 8.15. The zero-order chi connectivity index (χ0) is 18.6. The fourth-order valence-electron chi connectivity index (χ4n) is 3.26. The van der Waals surface area contributed by atoms with Crippen LogP contribution in [0.2, 0.25) is 0 Å². The number of pyridine rings is 1. The first-order valence-electron chi connectivity index (χ1n) is 9.36. The van der Waals surface area contributed by atoms with Crippen molar-refractivity contribution in [3.8, 4) is 11.1 Å². The van der Waals surface area contributed by atoms with Crippen molar-refractivity contribution in [3.63, 3.8) is 0 Å². The third-order valence-corrected chi connectivity index (χ3v) is 5.85. The molecule has 0 unspecified atom stereocenters. The monoisotopic (exact) mass is 369 g/mol. The standard InChI is InChI=1S/C25H23NS/c1-18(2)22-14-21-11-7-13-26-25(21)24(16-22)20-10-6-12-23(15-20)27-17-19-8-4-3-5-9-19/h3-16,18H,17H2,1-2H3. The average molecular weight is 370 g/mol. The average Bonchev–Trinajstić information content (AvgIpc) is 2.72. The van der Waals surface area contributed by atoms with E-state index in [0.29, 0.717) is 5.92 Å². The third-order valence-electron chi connectivity index (χ3n) is 4.79. The van der Waals surface area contributed by atoms with Crippen LogP contribution in [-0.4, -0.2) is 4.98 Å². The van der Waals surface area contributed by atoms with E-state index in [0.717, 1.165) is 11.3 Å². The highest BCUT2D eigenvalue weighted by Crippen LogP contribution is 2.34. The number of benzene rings is 3. The number of fused-ring (bicyclic) bond motifs is 1. The maximum Gasteiger partial charge on any atom is 0.0780 e. The summed E-state index contributed by atoms with van der Waals surface area (Å²) in [6.45, 7) is 4.49. The lowest BCUT2D eigenvalue weighted by molar-refractivity contribution is 0.869. The predicted octanol–water partition coefficient (Wildman–Crippen LogP) is 7.32. The van der Waals surface area contributed by atoms with Gasteiger partial charge in [-0.1, -0.05) is 62.4 Å². The van der Waals surface area contributed by atoms with E-state index < -0.39 is 0 Å². The molecule has 0 aliphatic rings. The fraction of sp³-hybridized carbons (Fsp3) is 0.160. The van der Waals surface area contributed by atoms with Gasteiger partial charge in [0, 0.05) is 27.8 Å². The van der Waals surface area contributed by atoms with E-state index in [1.54, 1.807) is 0 Å². The van der Waals surface area contributed by atoms with Gasteiger partial charge in [-0.3, -0.25) is 4.98 Å². The Bertz CT molecular complexity index is 1050. The second kappa shape index (κ2) is 7.98. The number of hydrogen-bond acceptors (Lipinski definition) is 2. The summed E-state index contributed by atoms with van der Waals surface area (Å²) in [7, 11) is 0. The quantitative estimate of drug-likeness (QED) is 0.342. The van der Waals surface area contributed by atoms with Crippen molar-refractivity contribution < 1.29 is 0 Å². The molecule has 0 fully saturated rings. The molecule has 2 heteroatoms. The Morgan fingerprint density at radius 3 is 2.52 bits per heavy atom. The number of rotatable bonds is 5. The lowest BCUT2D eigenvalue weighted by atomic mass is 9.94. The predicted molar refractivity (Wildman–Crippen MR) is 117 cm³/mol. The minimum Gasteiger partial charge on any atom is -0.256 e. The summed E-state index contributed by atoms with van der Waals surface area (Å²) < 4.78 is 0. The normalized spacial score (nSPS) is 11.2. The Morgan fingerprint density at radius 1 is 0.852 bits per heavy atom. The SMILES string of the molecule is CC(C)c1cc(-c2cccc(SCc3ccccc3)c2)c2ncccc2c1. The summed E-state index contributed by atoms with van der Waals surface area (Å²) in [5.41, 5.74) is 6.24. The van der Waals surface area contributed by atoms with Gasteiger partial charge >= 0.3 is 0 Å². The molecule has 0 saturated carbocycles. The summed E-state index contributed by atoms with van der Waals surface area (Å²) >= 11 is 1.88. The maximum absolute atomic E-state index is 4.67. The molecule has 1 nitrogen and oxygen atoms in total. The molecule has 0 N–H and O–H groups in total. The van der Waals surface area contributed by atoms with E-state index in [1.165, 1.54) is 32.5 Å². The molecule has 0 aliphatic carbocycles. The minimum atomic E-state index is 0.490. The van der Waals surface area contributed by atoms with E-state index >= 15 is 0 Å².